The van der Waals surface area contributed by atoms with Crippen LogP contribution in [-0.4, -0.2) is 31.2 Å². The largest absolute Gasteiger partial charge is 0.453 e. The molecule has 0 aromatic carbocycles. The summed E-state index contributed by atoms with van der Waals surface area (Å²) in [5, 5.41) is 1.97. The Bertz CT molecular complexity index is 557. The van der Waals surface area contributed by atoms with Crippen molar-refractivity contribution in [3.05, 3.63) is 21.4 Å². The highest BCUT2D eigenvalue weighted by Crippen LogP contribution is 2.29. The quantitative estimate of drug-likeness (QED) is 0.682. The van der Waals surface area contributed by atoms with Gasteiger partial charge in [-0.1, -0.05) is 6.42 Å². The molecule has 0 saturated carbocycles. The minimum atomic E-state index is -1.06. The van der Waals surface area contributed by atoms with Crippen molar-refractivity contribution in [3.63, 3.8) is 0 Å². The van der Waals surface area contributed by atoms with Crippen molar-refractivity contribution in [1.82, 2.24) is 5.32 Å². The van der Waals surface area contributed by atoms with Crippen LogP contribution in [0.4, 0.5) is 4.79 Å². The monoisotopic (exact) mass is 325 g/mol. The number of imide groups is 1. The highest BCUT2D eigenvalue weighted by atomic mass is 32.1. The van der Waals surface area contributed by atoms with Crippen molar-refractivity contribution in [3.8, 4) is 0 Å². The Labute approximate surface area is 132 Å². The zero-order valence-corrected chi connectivity index (χ0v) is 13.5. The summed E-state index contributed by atoms with van der Waals surface area (Å²) in [7, 11) is 1.15. The maximum atomic E-state index is 12.1. The standard InChI is InChI=1S/C15H19NO5S/c1-9(13(17)16-15(19)20-2)21-14(18)12-8-10-6-4-3-5-7-11(10)22-12/h8-9H,3-7H2,1-2H3,(H,16,17,19)/t9-/m0/s1. The molecule has 120 valence electrons. The number of alkyl carbamates (subject to hydrolysis) is 1. The molecule has 1 N–H and O–H groups in total. The van der Waals surface area contributed by atoms with E-state index in [9.17, 15) is 14.4 Å². The third-order valence-electron chi connectivity index (χ3n) is 3.51. The number of rotatable bonds is 3. The van der Waals surface area contributed by atoms with Gasteiger partial charge in [-0.2, -0.15) is 0 Å². The number of amides is 2. The van der Waals surface area contributed by atoms with Gasteiger partial charge in [0.2, 0.25) is 0 Å². The normalized spacial score (nSPS) is 15.2. The number of methoxy groups -OCH3 is 1. The van der Waals surface area contributed by atoms with Gasteiger partial charge >= 0.3 is 12.1 Å². The molecule has 1 atom stereocenters. The third kappa shape index (κ3) is 4.07. The van der Waals surface area contributed by atoms with Crippen molar-refractivity contribution >= 4 is 29.3 Å². The molecule has 1 aliphatic rings. The van der Waals surface area contributed by atoms with Gasteiger partial charge in [-0.3, -0.25) is 10.1 Å². The Hall–Kier alpha value is -1.89. The lowest BCUT2D eigenvalue weighted by molar-refractivity contribution is -0.128. The minimum absolute atomic E-state index is 0.504. The summed E-state index contributed by atoms with van der Waals surface area (Å²) in [6.07, 6.45) is 3.52. The molecule has 0 bridgehead atoms. The van der Waals surface area contributed by atoms with Crippen molar-refractivity contribution < 1.29 is 23.9 Å². The summed E-state index contributed by atoms with van der Waals surface area (Å²) >= 11 is 1.43. The van der Waals surface area contributed by atoms with E-state index >= 15 is 0 Å². The fourth-order valence-corrected chi connectivity index (χ4v) is 3.43. The zero-order valence-electron chi connectivity index (χ0n) is 12.6. The molecule has 0 saturated heterocycles. The molecule has 1 aromatic heterocycles. The van der Waals surface area contributed by atoms with Crippen LogP contribution in [0, 0.1) is 0 Å². The van der Waals surface area contributed by atoms with E-state index in [4.69, 9.17) is 4.74 Å². The van der Waals surface area contributed by atoms with Gasteiger partial charge in [0, 0.05) is 4.88 Å². The lowest BCUT2D eigenvalue weighted by Gasteiger charge is -2.11. The van der Waals surface area contributed by atoms with Gasteiger partial charge in [0.05, 0.1) is 7.11 Å². The number of fused-ring (bicyclic) bond motifs is 1. The van der Waals surface area contributed by atoms with Crippen LogP contribution in [0.15, 0.2) is 6.07 Å². The highest BCUT2D eigenvalue weighted by Gasteiger charge is 2.23. The summed E-state index contributed by atoms with van der Waals surface area (Å²) in [5.41, 5.74) is 1.21. The van der Waals surface area contributed by atoms with Crippen molar-refractivity contribution in [2.45, 2.75) is 45.1 Å². The Morgan fingerprint density at radius 3 is 2.68 bits per heavy atom. The van der Waals surface area contributed by atoms with Crippen LogP contribution < -0.4 is 5.32 Å². The van der Waals surface area contributed by atoms with Crippen LogP contribution in [0.25, 0.3) is 0 Å². The summed E-state index contributed by atoms with van der Waals surface area (Å²) in [4.78, 5) is 36.4. The van der Waals surface area contributed by atoms with Crippen LogP contribution in [0.1, 0.15) is 46.3 Å². The second kappa shape index (κ2) is 7.40. The van der Waals surface area contributed by atoms with E-state index < -0.39 is 24.1 Å². The molecule has 2 amide bonds. The predicted molar refractivity (Wildman–Crippen MR) is 81.0 cm³/mol. The third-order valence-corrected chi connectivity index (χ3v) is 4.73. The number of ether oxygens (including phenoxy) is 2. The number of thiophene rings is 1. The smallest absolute Gasteiger partial charge is 0.413 e. The topological polar surface area (TPSA) is 81.7 Å². The zero-order chi connectivity index (χ0) is 16.1. The van der Waals surface area contributed by atoms with Crippen LogP contribution in [-0.2, 0) is 27.1 Å². The summed E-state index contributed by atoms with van der Waals surface area (Å²) in [5.74, 6) is -1.25. The van der Waals surface area contributed by atoms with E-state index in [2.05, 4.69) is 4.74 Å². The van der Waals surface area contributed by atoms with Gasteiger partial charge in [0.15, 0.2) is 6.10 Å². The predicted octanol–water partition coefficient (Wildman–Crippen LogP) is 2.44. The Morgan fingerprint density at radius 1 is 1.23 bits per heavy atom. The molecule has 2 rings (SSSR count). The van der Waals surface area contributed by atoms with Crippen LogP contribution >= 0.6 is 11.3 Å². The maximum absolute atomic E-state index is 12.1. The molecular formula is C15H19NO5S. The summed E-state index contributed by atoms with van der Waals surface area (Å²) in [6.45, 7) is 1.41. The van der Waals surface area contributed by atoms with Crippen molar-refractivity contribution in [1.29, 1.82) is 0 Å². The van der Waals surface area contributed by atoms with E-state index in [1.807, 2.05) is 11.4 Å². The van der Waals surface area contributed by atoms with Gasteiger partial charge in [0.1, 0.15) is 4.88 Å². The molecular weight excluding hydrogens is 306 g/mol. The second-order valence-corrected chi connectivity index (χ2v) is 6.28. The first kappa shape index (κ1) is 16.5. The van der Waals surface area contributed by atoms with Gasteiger partial charge in [-0.25, -0.2) is 9.59 Å². The van der Waals surface area contributed by atoms with E-state index in [1.54, 1.807) is 0 Å². The van der Waals surface area contributed by atoms with Crippen LogP contribution in [0.2, 0.25) is 0 Å². The van der Waals surface area contributed by atoms with E-state index in [0.29, 0.717) is 4.88 Å². The molecule has 7 heteroatoms. The first-order valence-corrected chi connectivity index (χ1v) is 8.04. The Kier molecular flexibility index (Phi) is 5.54. The first-order valence-electron chi connectivity index (χ1n) is 7.22. The van der Waals surface area contributed by atoms with Crippen LogP contribution in [0.3, 0.4) is 0 Å². The molecule has 22 heavy (non-hydrogen) atoms. The minimum Gasteiger partial charge on any atom is -0.453 e. The fourth-order valence-electron chi connectivity index (χ4n) is 2.29. The van der Waals surface area contributed by atoms with E-state index in [-0.39, 0.29) is 0 Å². The Balaban J connectivity index is 1.97. The van der Waals surface area contributed by atoms with Gasteiger partial charge < -0.3 is 9.47 Å². The molecule has 1 heterocycles. The van der Waals surface area contributed by atoms with Gasteiger partial charge in [-0.05, 0) is 44.2 Å². The number of carbonyl (C=O) groups is 3. The number of hydrogen-bond acceptors (Lipinski definition) is 6. The molecule has 1 aromatic rings. The van der Waals surface area contributed by atoms with E-state index in [0.717, 1.165) is 32.8 Å². The number of nitrogens with one attached hydrogen (secondary N) is 1. The molecule has 0 spiro atoms. The second-order valence-electron chi connectivity index (χ2n) is 5.15. The Morgan fingerprint density at radius 2 is 1.95 bits per heavy atom. The SMILES string of the molecule is COC(=O)NC(=O)[C@H](C)OC(=O)c1cc2c(s1)CCCCC2. The average Bonchev–Trinajstić information content (AvgIpc) is 2.78. The summed E-state index contributed by atoms with van der Waals surface area (Å²) in [6, 6.07) is 1.86. The lowest BCUT2D eigenvalue weighted by Crippen LogP contribution is -2.39. The molecule has 0 radical (unpaired) electrons. The number of esters is 1. The number of hydrogen-bond donors (Lipinski definition) is 1. The highest BCUT2D eigenvalue weighted by molar-refractivity contribution is 7.14. The van der Waals surface area contributed by atoms with Crippen molar-refractivity contribution in [2.24, 2.45) is 0 Å². The molecule has 6 nitrogen and oxygen atoms in total. The van der Waals surface area contributed by atoms with E-state index in [1.165, 1.54) is 35.1 Å². The van der Waals surface area contributed by atoms with Gasteiger partial charge in [-0.15, -0.1) is 11.3 Å². The lowest BCUT2D eigenvalue weighted by atomic mass is 10.1. The van der Waals surface area contributed by atoms with Gasteiger partial charge in [0.25, 0.3) is 5.91 Å². The first-order chi connectivity index (χ1) is 10.5. The number of carbonyl (C=O) groups excluding carboxylic acids is 3. The molecule has 1 aliphatic carbocycles. The molecule has 0 fully saturated rings. The number of aryl methyl sites for hydroxylation is 2. The van der Waals surface area contributed by atoms with Crippen LogP contribution in [0.5, 0.6) is 0 Å². The summed E-state index contributed by atoms with van der Waals surface area (Å²) < 4.78 is 9.42. The molecule has 0 unspecified atom stereocenters. The van der Waals surface area contributed by atoms with Crippen molar-refractivity contribution in [2.75, 3.05) is 7.11 Å². The molecule has 0 aliphatic heterocycles. The fraction of sp³-hybridized carbons (Fsp3) is 0.533. The average molecular weight is 325 g/mol. The maximum Gasteiger partial charge on any atom is 0.413 e.